The van der Waals surface area contributed by atoms with Crippen LogP contribution in [0.25, 0.3) is 0 Å². The van der Waals surface area contributed by atoms with Crippen LogP contribution in [0, 0.1) is 17.3 Å². The van der Waals surface area contributed by atoms with E-state index in [0.29, 0.717) is 29.6 Å². The molecule has 0 bridgehead atoms. The Morgan fingerprint density at radius 3 is 2.36 bits per heavy atom. The summed E-state index contributed by atoms with van der Waals surface area (Å²) in [4.78, 5) is 54.2. The summed E-state index contributed by atoms with van der Waals surface area (Å²) in [6.45, 7) is 6.09. The third kappa shape index (κ3) is 7.78. The van der Waals surface area contributed by atoms with Gasteiger partial charge in [0.25, 0.3) is 5.56 Å². The fraction of sp³-hybridized carbons (Fsp3) is 0.720. The van der Waals surface area contributed by atoms with Crippen molar-refractivity contribution in [2.45, 2.75) is 90.6 Å². The Bertz CT molecular complexity index is 1010. The predicted octanol–water partition coefficient (Wildman–Crippen LogP) is 2.59. The third-order valence-corrected chi connectivity index (χ3v) is 7.19. The maximum Gasteiger partial charge on any atom is 0.320 e. The molecule has 2 atom stereocenters. The van der Waals surface area contributed by atoms with E-state index in [1.165, 1.54) is 0 Å². The number of nitrogens with zero attached hydrogens (tertiary/aromatic N) is 1. The van der Waals surface area contributed by atoms with E-state index in [2.05, 4.69) is 25.9 Å². The number of carboxylic acids is 2. The van der Waals surface area contributed by atoms with Crippen molar-refractivity contribution in [2.75, 3.05) is 17.2 Å². The normalized spacial score (nSPS) is 22.7. The van der Waals surface area contributed by atoms with Crippen molar-refractivity contribution >= 4 is 29.6 Å². The quantitative estimate of drug-likeness (QED) is 0.279. The van der Waals surface area contributed by atoms with Crippen LogP contribution in [0.4, 0.5) is 11.8 Å². The van der Waals surface area contributed by atoms with Gasteiger partial charge in [0.05, 0.1) is 5.56 Å². The summed E-state index contributed by atoms with van der Waals surface area (Å²) in [5.41, 5.74) is -0.210. The monoisotopic (exact) mass is 505 g/mol. The highest BCUT2D eigenvalue weighted by molar-refractivity contribution is 5.93. The van der Waals surface area contributed by atoms with E-state index >= 15 is 0 Å². The zero-order chi connectivity index (χ0) is 26.5. The number of amides is 1. The molecular formula is C25H39N5O6. The molecule has 3 rings (SSSR count). The molecule has 0 saturated heterocycles. The highest BCUT2D eigenvalue weighted by Gasteiger charge is 2.29. The Kier molecular flexibility index (Phi) is 9.10. The molecule has 1 fully saturated rings. The van der Waals surface area contributed by atoms with Gasteiger partial charge in [-0.3, -0.25) is 29.5 Å². The lowest BCUT2D eigenvalue weighted by Crippen LogP contribution is -2.45. The molecule has 11 nitrogen and oxygen atoms in total. The van der Waals surface area contributed by atoms with Gasteiger partial charge < -0.3 is 20.8 Å². The molecule has 11 heteroatoms. The number of hydrogen-bond acceptors (Lipinski definition) is 7. The van der Waals surface area contributed by atoms with Crippen LogP contribution < -0.4 is 21.5 Å². The Labute approximate surface area is 210 Å². The maximum absolute atomic E-state index is 12.7. The fourth-order valence-electron chi connectivity index (χ4n) is 4.91. The molecule has 1 aromatic heterocycles. The first-order valence-electron chi connectivity index (χ1n) is 12.8. The molecule has 1 amide bonds. The summed E-state index contributed by atoms with van der Waals surface area (Å²) in [5.74, 6) is -0.654. The Hall–Kier alpha value is -2.95. The van der Waals surface area contributed by atoms with E-state index in [1.54, 1.807) is 20.8 Å². The van der Waals surface area contributed by atoms with Gasteiger partial charge in [0.15, 0.2) is 0 Å². The van der Waals surface area contributed by atoms with Crippen molar-refractivity contribution in [2.24, 2.45) is 17.3 Å². The first-order chi connectivity index (χ1) is 16.9. The zero-order valence-corrected chi connectivity index (χ0v) is 21.4. The fourth-order valence-corrected chi connectivity index (χ4v) is 4.91. The van der Waals surface area contributed by atoms with E-state index < -0.39 is 23.4 Å². The van der Waals surface area contributed by atoms with E-state index in [4.69, 9.17) is 5.11 Å². The predicted molar refractivity (Wildman–Crippen MR) is 135 cm³/mol. The van der Waals surface area contributed by atoms with Crippen molar-refractivity contribution in [1.29, 1.82) is 0 Å². The Morgan fingerprint density at radius 2 is 1.75 bits per heavy atom. The summed E-state index contributed by atoms with van der Waals surface area (Å²) in [6, 6.07) is -0.734. The molecule has 0 spiro atoms. The number of aromatic nitrogens is 2. The minimum atomic E-state index is -1.00. The van der Waals surface area contributed by atoms with Crippen LogP contribution in [0.1, 0.15) is 77.7 Å². The highest BCUT2D eigenvalue weighted by atomic mass is 16.4. The molecule has 1 saturated carbocycles. The minimum absolute atomic E-state index is 0.0825. The lowest BCUT2D eigenvalue weighted by atomic mass is 9.80. The van der Waals surface area contributed by atoms with Crippen molar-refractivity contribution < 1.29 is 24.6 Å². The number of carbonyl (C=O) groups is 3. The number of rotatable bonds is 10. The molecule has 0 aromatic carbocycles. The SMILES string of the molecule is CC(C)(C)C(=O)Nc1nc2c(c(=O)[nH]1)CC(CCC1CCC(N[C@@H](CCC(=O)O)C(=O)O)CC1)CN2. The van der Waals surface area contributed by atoms with Gasteiger partial charge in [-0.05, 0) is 56.8 Å². The largest absolute Gasteiger partial charge is 0.481 e. The van der Waals surface area contributed by atoms with E-state index in [0.717, 1.165) is 45.1 Å². The average molecular weight is 506 g/mol. The lowest BCUT2D eigenvalue weighted by Gasteiger charge is -2.32. The second kappa shape index (κ2) is 11.9. The summed E-state index contributed by atoms with van der Waals surface area (Å²) in [7, 11) is 0. The molecule has 1 aromatic rings. The summed E-state index contributed by atoms with van der Waals surface area (Å²) in [6.07, 6.45) is 6.33. The lowest BCUT2D eigenvalue weighted by molar-refractivity contribution is -0.141. The molecule has 1 unspecified atom stereocenters. The number of H-pyrrole nitrogens is 1. The second-order valence-corrected chi connectivity index (χ2v) is 11.2. The zero-order valence-electron chi connectivity index (χ0n) is 21.4. The smallest absolute Gasteiger partial charge is 0.320 e. The van der Waals surface area contributed by atoms with Crippen LogP contribution in [0.2, 0.25) is 0 Å². The maximum atomic E-state index is 12.7. The van der Waals surface area contributed by atoms with Gasteiger partial charge in [0.1, 0.15) is 11.9 Å². The Balaban J connectivity index is 1.45. The van der Waals surface area contributed by atoms with Crippen molar-refractivity contribution in [3.05, 3.63) is 15.9 Å². The van der Waals surface area contributed by atoms with Gasteiger partial charge in [-0.15, -0.1) is 0 Å². The van der Waals surface area contributed by atoms with E-state index in [-0.39, 0.29) is 36.3 Å². The van der Waals surface area contributed by atoms with E-state index in [1.807, 2.05) is 0 Å². The number of aromatic amines is 1. The molecule has 36 heavy (non-hydrogen) atoms. The van der Waals surface area contributed by atoms with Crippen LogP contribution in [-0.2, 0) is 20.8 Å². The summed E-state index contributed by atoms with van der Waals surface area (Å²) >= 11 is 0. The number of hydrogen-bond donors (Lipinski definition) is 6. The molecule has 1 aliphatic heterocycles. The van der Waals surface area contributed by atoms with Gasteiger partial charge in [-0.2, -0.15) is 4.98 Å². The number of carbonyl (C=O) groups excluding carboxylic acids is 1. The van der Waals surface area contributed by atoms with Crippen molar-refractivity contribution in [3.8, 4) is 0 Å². The van der Waals surface area contributed by atoms with Crippen LogP contribution in [0.15, 0.2) is 4.79 Å². The summed E-state index contributed by atoms with van der Waals surface area (Å²) in [5, 5.41) is 27.3. The van der Waals surface area contributed by atoms with Crippen LogP contribution in [-0.4, -0.2) is 56.7 Å². The van der Waals surface area contributed by atoms with Gasteiger partial charge >= 0.3 is 11.9 Å². The average Bonchev–Trinajstić information content (AvgIpc) is 2.80. The van der Waals surface area contributed by atoms with Crippen molar-refractivity contribution in [3.63, 3.8) is 0 Å². The number of aliphatic carboxylic acids is 2. The second-order valence-electron chi connectivity index (χ2n) is 11.2. The Morgan fingerprint density at radius 1 is 1.08 bits per heavy atom. The topological polar surface area (TPSA) is 174 Å². The summed E-state index contributed by atoms with van der Waals surface area (Å²) < 4.78 is 0. The molecule has 2 aliphatic rings. The van der Waals surface area contributed by atoms with Gasteiger partial charge in [-0.25, -0.2) is 0 Å². The molecular weight excluding hydrogens is 466 g/mol. The van der Waals surface area contributed by atoms with Crippen LogP contribution in [0.5, 0.6) is 0 Å². The van der Waals surface area contributed by atoms with Gasteiger partial charge in [0.2, 0.25) is 11.9 Å². The third-order valence-electron chi connectivity index (χ3n) is 7.19. The number of anilines is 2. The van der Waals surface area contributed by atoms with Crippen LogP contribution in [0.3, 0.4) is 0 Å². The molecule has 1 aliphatic carbocycles. The van der Waals surface area contributed by atoms with E-state index in [9.17, 15) is 24.3 Å². The van der Waals surface area contributed by atoms with Crippen molar-refractivity contribution in [1.82, 2.24) is 15.3 Å². The molecule has 6 N–H and O–H groups in total. The standard InChI is InChI=1S/C25H39N5O6/c1-25(2,3)23(36)30-24-28-20-17(21(33)29-24)12-15(13-26-20)5-4-14-6-8-16(9-7-14)27-18(22(34)35)10-11-19(31)32/h14-16,18,27H,4-13H2,1-3H3,(H,31,32)(H,34,35)(H3,26,28,29,30,33,36)/t14?,15?,16?,18-/m0/s1. The first kappa shape index (κ1) is 27.6. The number of carboxylic acid groups (broad SMARTS) is 2. The minimum Gasteiger partial charge on any atom is -0.481 e. The highest BCUT2D eigenvalue weighted by Crippen LogP contribution is 2.31. The number of nitrogens with one attached hydrogen (secondary N) is 4. The number of fused-ring (bicyclic) bond motifs is 1. The molecule has 2 heterocycles. The van der Waals surface area contributed by atoms with Crippen LogP contribution >= 0.6 is 0 Å². The first-order valence-corrected chi connectivity index (χ1v) is 12.8. The van der Waals surface area contributed by atoms with Gasteiger partial charge in [0, 0.05) is 24.4 Å². The molecule has 200 valence electrons. The molecule has 0 radical (unpaired) electrons. The van der Waals surface area contributed by atoms with Gasteiger partial charge in [-0.1, -0.05) is 27.2 Å².